The maximum absolute atomic E-state index is 12.1. The number of alkyl halides is 3. The van der Waals surface area contributed by atoms with Crippen LogP contribution in [0.4, 0.5) is 13.2 Å². The Labute approximate surface area is 167 Å². The lowest BCUT2D eigenvalue weighted by atomic mass is 10.2. The number of carbonyl (C=O) groups excluding carboxylic acids is 1. The van der Waals surface area contributed by atoms with E-state index in [4.69, 9.17) is 0 Å². The zero-order chi connectivity index (χ0) is 21.1. The summed E-state index contributed by atoms with van der Waals surface area (Å²) < 4.78 is 41.1. The van der Waals surface area contributed by atoms with E-state index in [1.807, 2.05) is 30.3 Å². The second-order valence-electron chi connectivity index (χ2n) is 6.09. The average Bonchev–Trinajstić information content (AvgIpc) is 2.72. The summed E-state index contributed by atoms with van der Waals surface area (Å²) in [6.45, 7) is -0.453. The van der Waals surface area contributed by atoms with Crippen LogP contribution in [0.3, 0.4) is 0 Å². The van der Waals surface area contributed by atoms with E-state index in [1.54, 1.807) is 19.2 Å². The van der Waals surface area contributed by atoms with E-state index in [9.17, 15) is 18.0 Å². The quantitative estimate of drug-likeness (QED) is 0.464. The van der Waals surface area contributed by atoms with Crippen molar-refractivity contribution in [3.63, 3.8) is 0 Å². The molecule has 0 aliphatic rings. The minimum atomic E-state index is -4.37. The van der Waals surface area contributed by atoms with Gasteiger partial charge in [0.25, 0.3) is 0 Å². The summed E-state index contributed by atoms with van der Waals surface area (Å²) in [6, 6.07) is 15.8. The third kappa shape index (κ3) is 9.00. The number of nitrogens with zero attached hydrogens (tertiary/aromatic N) is 1. The van der Waals surface area contributed by atoms with Crippen molar-refractivity contribution in [3.05, 3.63) is 65.7 Å². The number of aliphatic imine (C=N–C) groups is 1. The zero-order valence-corrected chi connectivity index (χ0v) is 15.9. The van der Waals surface area contributed by atoms with Crippen molar-refractivity contribution in [2.24, 2.45) is 4.99 Å². The van der Waals surface area contributed by atoms with Crippen molar-refractivity contribution in [3.8, 4) is 5.75 Å². The molecule has 0 radical (unpaired) electrons. The Kier molecular flexibility index (Phi) is 8.32. The van der Waals surface area contributed by atoms with Crippen LogP contribution in [0.15, 0.2) is 59.6 Å². The summed E-state index contributed by atoms with van der Waals surface area (Å²) in [6.07, 6.45) is -4.37. The molecule has 0 saturated carbocycles. The lowest BCUT2D eigenvalue weighted by Gasteiger charge is -2.13. The summed E-state index contributed by atoms with van der Waals surface area (Å²) >= 11 is 0. The first kappa shape index (κ1) is 22.1. The van der Waals surface area contributed by atoms with Gasteiger partial charge < -0.3 is 20.7 Å². The second kappa shape index (κ2) is 10.9. The number of guanidine groups is 1. The number of amides is 1. The summed E-state index contributed by atoms with van der Waals surface area (Å²) in [7, 11) is 1.57. The Morgan fingerprint density at radius 1 is 0.931 bits per heavy atom. The Morgan fingerprint density at radius 2 is 1.55 bits per heavy atom. The van der Waals surface area contributed by atoms with Crippen molar-refractivity contribution in [2.75, 3.05) is 20.2 Å². The first-order valence-electron chi connectivity index (χ1n) is 8.89. The van der Waals surface area contributed by atoms with Crippen LogP contribution in [0.5, 0.6) is 5.75 Å². The normalized spacial score (nSPS) is 11.7. The van der Waals surface area contributed by atoms with Crippen molar-refractivity contribution in [2.45, 2.75) is 19.3 Å². The molecule has 0 atom stereocenters. The number of nitrogens with one attached hydrogen (secondary N) is 3. The minimum absolute atomic E-state index is 0.0523. The van der Waals surface area contributed by atoms with E-state index in [0.717, 1.165) is 11.1 Å². The van der Waals surface area contributed by atoms with E-state index in [1.165, 1.54) is 12.1 Å². The fraction of sp³-hybridized carbons (Fsp3) is 0.300. The fourth-order valence-electron chi connectivity index (χ4n) is 2.30. The number of hydrogen-bond acceptors (Lipinski definition) is 3. The molecule has 0 bridgehead atoms. The maximum Gasteiger partial charge on any atom is 0.422 e. The third-order valence-electron chi connectivity index (χ3n) is 3.76. The largest absolute Gasteiger partial charge is 0.484 e. The molecule has 0 spiro atoms. The minimum Gasteiger partial charge on any atom is -0.484 e. The van der Waals surface area contributed by atoms with Crippen molar-refractivity contribution in [1.29, 1.82) is 0 Å². The highest BCUT2D eigenvalue weighted by Crippen LogP contribution is 2.18. The number of benzene rings is 2. The molecule has 0 aliphatic heterocycles. The van der Waals surface area contributed by atoms with Gasteiger partial charge in [-0.2, -0.15) is 13.2 Å². The van der Waals surface area contributed by atoms with Crippen LogP contribution >= 0.6 is 0 Å². The monoisotopic (exact) mass is 408 g/mol. The molecule has 2 rings (SSSR count). The number of ether oxygens (including phenoxy) is 1. The second-order valence-corrected chi connectivity index (χ2v) is 6.09. The van der Waals surface area contributed by atoms with Gasteiger partial charge in [0.15, 0.2) is 12.6 Å². The zero-order valence-electron chi connectivity index (χ0n) is 15.9. The van der Waals surface area contributed by atoms with E-state index in [2.05, 4.69) is 25.7 Å². The van der Waals surface area contributed by atoms with Crippen LogP contribution in [0.1, 0.15) is 11.1 Å². The Bertz CT molecular complexity index is 794. The van der Waals surface area contributed by atoms with Gasteiger partial charge in [0.2, 0.25) is 5.91 Å². The predicted molar refractivity (Wildman–Crippen MR) is 104 cm³/mol. The van der Waals surface area contributed by atoms with Crippen molar-refractivity contribution in [1.82, 2.24) is 16.0 Å². The smallest absolute Gasteiger partial charge is 0.422 e. The van der Waals surface area contributed by atoms with Gasteiger partial charge in [-0.15, -0.1) is 0 Å². The molecule has 29 heavy (non-hydrogen) atoms. The van der Waals surface area contributed by atoms with Gasteiger partial charge in [-0.3, -0.25) is 9.79 Å². The van der Waals surface area contributed by atoms with Crippen molar-refractivity contribution < 1.29 is 22.7 Å². The molecule has 156 valence electrons. The molecule has 2 aromatic rings. The van der Waals surface area contributed by atoms with Gasteiger partial charge in [0.1, 0.15) is 5.75 Å². The molecule has 0 saturated heterocycles. The third-order valence-corrected chi connectivity index (χ3v) is 3.76. The van der Waals surface area contributed by atoms with Gasteiger partial charge in [0.05, 0.1) is 6.54 Å². The SMILES string of the molecule is CN=C(NCC(=O)NCc1ccccc1)NCc1ccc(OCC(F)(F)F)cc1. The van der Waals surface area contributed by atoms with E-state index in [0.29, 0.717) is 19.0 Å². The van der Waals surface area contributed by atoms with Gasteiger partial charge >= 0.3 is 6.18 Å². The highest BCUT2D eigenvalue weighted by molar-refractivity contribution is 5.86. The first-order chi connectivity index (χ1) is 13.9. The summed E-state index contributed by atoms with van der Waals surface area (Å²) in [5.74, 6) is 0.392. The molecule has 0 heterocycles. The van der Waals surface area contributed by atoms with Crippen LogP contribution in [-0.4, -0.2) is 38.2 Å². The lowest BCUT2D eigenvalue weighted by Crippen LogP contribution is -2.42. The first-order valence-corrected chi connectivity index (χ1v) is 8.89. The van der Waals surface area contributed by atoms with Crippen molar-refractivity contribution >= 4 is 11.9 Å². The lowest BCUT2D eigenvalue weighted by molar-refractivity contribution is -0.153. The van der Waals surface area contributed by atoms with E-state index >= 15 is 0 Å². The summed E-state index contributed by atoms with van der Waals surface area (Å²) in [5.41, 5.74) is 1.83. The molecule has 2 aromatic carbocycles. The van der Waals surface area contributed by atoms with Gasteiger partial charge in [-0.05, 0) is 23.3 Å². The van der Waals surface area contributed by atoms with Gasteiger partial charge in [-0.1, -0.05) is 42.5 Å². The Hall–Kier alpha value is -3.23. The number of rotatable bonds is 8. The molecule has 3 N–H and O–H groups in total. The molecular formula is C20H23F3N4O2. The van der Waals surface area contributed by atoms with Crippen LogP contribution < -0.4 is 20.7 Å². The van der Waals surface area contributed by atoms with E-state index < -0.39 is 12.8 Å². The molecule has 0 fully saturated rings. The van der Waals surface area contributed by atoms with Gasteiger partial charge in [0, 0.05) is 20.1 Å². The highest BCUT2D eigenvalue weighted by atomic mass is 19.4. The molecule has 0 unspecified atom stereocenters. The molecule has 0 aromatic heterocycles. The fourth-order valence-corrected chi connectivity index (χ4v) is 2.30. The number of halogens is 3. The molecular weight excluding hydrogens is 385 g/mol. The maximum atomic E-state index is 12.1. The van der Waals surface area contributed by atoms with Crippen LogP contribution in [0, 0.1) is 0 Å². The molecule has 0 aliphatic carbocycles. The molecule has 6 nitrogen and oxygen atoms in total. The van der Waals surface area contributed by atoms with Gasteiger partial charge in [-0.25, -0.2) is 0 Å². The number of hydrogen-bond donors (Lipinski definition) is 3. The summed E-state index contributed by atoms with van der Waals surface area (Å²) in [5, 5.41) is 8.73. The Balaban J connectivity index is 1.71. The number of carbonyl (C=O) groups is 1. The van der Waals surface area contributed by atoms with Crippen LogP contribution in [0.25, 0.3) is 0 Å². The highest BCUT2D eigenvalue weighted by Gasteiger charge is 2.28. The standard InChI is InChI=1S/C20H23F3N4O2/c1-24-19(27-13-18(28)25-11-15-5-3-2-4-6-15)26-12-16-7-9-17(10-8-16)29-14-20(21,22)23/h2-10H,11-14H2,1H3,(H,25,28)(H2,24,26,27). The topological polar surface area (TPSA) is 74.8 Å². The molecule has 1 amide bonds. The predicted octanol–water partition coefficient (Wildman–Crippen LogP) is 2.61. The Morgan fingerprint density at radius 3 is 2.17 bits per heavy atom. The summed E-state index contributed by atoms with van der Waals surface area (Å²) in [4.78, 5) is 16.0. The van der Waals surface area contributed by atoms with Crippen LogP contribution in [-0.2, 0) is 17.9 Å². The molecule has 9 heteroatoms. The van der Waals surface area contributed by atoms with Crippen LogP contribution in [0.2, 0.25) is 0 Å². The van der Waals surface area contributed by atoms with E-state index in [-0.39, 0.29) is 18.2 Å². The average molecular weight is 408 g/mol.